The van der Waals surface area contributed by atoms with Gasteiger partial charge in [0, 0.05) is 11.5 Å². The lowest BCUT2D eigenvalue weighted by molar-refractivity contribution is -0.385. The Labute approximate surface area is 157 Å². The van der Waals surface area contributed by atoms with Gasteiger partial charge < -0.3 is 0 Å². The van der Waals surface area contributed by atoms with Gasteiger partial charge in [0.2, 0.25) is 11.9 Å². The van der Waals surface area contributed by atoms with Crippen LogP contribution in [0, 0.1) is 15.5 Å². The van der Waals surface area contributed by atoms with E-state index in [1.54, 1.807) is 26.8 Å². The molecule has 0 bridgehead atoms. The number of nitro benzene ring substituents is 1. The molecule has 0 spiro atoms. The predicted octanol–water partition coefficient (Wildman–Crippen LogP) is 3.19. The first-order valence-electron chi connectivity index (χ1n) is 8.00. The standard InChI is InChI=1S/C17H17BrN4O4/c1-17(2,3)15(24)21-16-19-11-5-4-8-6-10(18)12(22(25)26)7-9(8)13(11)14(23)20-16/h6-7H,4-5H2,1-3H3,(H2,19,20,21,23,24). The lowest BCUT2D eigenvalue weighted by atomic mass is 9.89. The van der Waals surface area contributed by atoms with E-state index >= 15 is 0 Å². The van der Waals surface area contributed by atoms with Gasteiger partial charge in [-0.05, 0) is 46.0 Å². The number of benzene rings is 1. The van der Waals surface area contributed by atoms with Crippen molar-refractivity contribution in [3.63, 3.8) is 0 Å². The third-order valence-corrected chi connectivity index (χ3v) is 4.81. The summed E-state index contributed by atoms with van der Waals surface area (Å²) in [6.45, 7) is 5.27. The number of aromatic amines is 1. The number of nitrogens with zero attached hydrogens (tertiary/aromatic N) is 2. The summed E-state index contributed by atoms with van der Waals surface area (Å²) in [4.78, 5) is 42.3. The molecule has 1 heterocycles. The van der Waals surface area contributed by atoms with E-state index in [1.807, 2.05) is 0 Å². The lowest BCUT2D eigenvalue weighted by Crippen LogP contribution is -2.30. The molecule has 0 atom stereocenters. The van der Waals surface area contributed by atoms with Crippen LogP contribution in [0.4, 0.5) is 11.6 Å². The number of fused-ring (bicyclic) bond motifs is 3. The number of carbonyl (C=O) groups excluding carboxylic acids is 1. The fraction of sp³-hybridized carbons (Fsp3) is 0.353. The number of halogens is 1. The molecule has 0 saturated heterocycles. The second-order valence-corrected chi connectivity index (χ2v) is 8.01. The first-order valence-corrected chi connectivity index (χ1v) is 8.79. The third-order valence-electron chi connectivity index (χ3n) is 4.18. The maximum absolute atomic E-state index is 12.6. The summed E-state index contributed by atoms with van der Waals surface area (Å²) in [5.74, 6) is -0.180. The highest BCUT2D eigenvalue weighted by Crippen LogP contribution is 2.37. The van der Waals surface area contributed by atoms with Crippen molar-refractivity contribution in [1.82, 2.24) is 9.97 Å². The van der Waals surface area contributed by atoms with E-state index in [0.717, 1.165) is 5.56 Å². The Hall–Kier alpha value is -2.55. The van der Waals surface area contributed by atoms with Crippen LogP contribution in [0.2, 0.25) is 0 Å². The molecule has 2 aromatic rings. The summed E-state index contributed by atoms with van der Waals surface area (Å²) in [5.41, 5.74) is 1.00. The Morgan fingerprint density at radius 3 is 2.65 bits per heavy atom. The maximum atomic E-state index is 12.6. The van der Waals surface area contributed by atoms with E-state index in [1.165, 1.54) is 6.07 Å². The molecule has 1 amide bonds. The Balaban J connectivity index is 2.10. The summed E-state index contributed by atoms with van der Waals surface area (Å²) >= 11 is 3.20. The van der Waals surface area contributed by atoms with Crippen LogP contribution in [0.5, 0.6) is 0 Å². The molecule has 1 aliphatic carbocycles. The average Bonchev–Trinajstić information content (AvgIpc) is 2.52. The molecule has 136 valence electrons. The number of aromatic nitrogens is 2. The van der Waals surface area contributed by atoms with Crippen molar-refractivity contribution in [3.05, 3.63) is 48.3 Å². The van der Waals surface area contributed by atoms with Gasteiger partial charge in [-0.15, -0.1) is 0 Å². The van der Waals surface area contributed by atoms with E-state index in [0.29, 0.717) is 34.1 Å². The fourth-order valence-electron chi connectivity index (χ4n) is 2.77. The molecule has 1 aromatic heterocycles. The second-order valence-electron chi connectivity index (χ2n) is 7.16. The molecule has 1 aromatic carbocycles. The zero-order valence-electron chi connectivity index (χ0n) is 14.5. The minimum absolute atomic E-state index is 0.0868. The molecule has 9 heteroatoms. The summed E-state index contributed by atoms with van der Waals surface area (Å²) in [6, 6.07) is 3.06. The number of hydrogen-bond donors (Lipinski definition) is 2. The Morgan fingerprint density at radius 2 is 2.04 bits per heavy atom. The predicted molar refractivity (Wildman–Crippen MR) is 100 cm³/mol. The number of hydrogen-bond acceptors (Lipinski definition) is 5. The molecule has 0 saturated carbocycles. The second kappa shape index (κ2) is 6.31. The summed E-state index contributed by atoms with van der Waals surface area (Å²) in [7, 11) is 0. The highest BCUT2D eigenvalue weighted by Gasteiger charge is 2.27. The van der Waals surface area contributed by atoms with E-state index in [4.69, 9.17) is 0 Å². The van der Waals surface area contributed by atoms with Gasteiger partial charge in [-0.3, -0.25) is 30.0 Å². The monoisotopic (exact) mass is 420 g/mol. The number of carbonyl (C=O) groups is 1. The highest BCUT2D eigenvalue weighted by atomic mass is 79.9. The Bertz CT molecular complexity index is 991. The number of anilines is 1. The molecule has 26 heavy (non-hydrogen) atoms. The quantitative estimate of drug-likeness (QED) is 0.571. The van der Waals surface area contributed by atoms with Crippen LogP contribution >= 0.6 is 15.9 Å². The van der Waals surface area contributed by atoms with Crippen LogP contribution in [0.15, 0.2) is 21.4 Å². The minimum atomic E-state index is -0.631. The third kappa shape index (κ3) is 3.26. The fourth-order valence-corrected chi connectivity index (χ4v) is 3.30. The van der Waals surface area contributed by atoms with Gasteiger partial charge in [-0.2, -0.15) is 0 Å². The normalized spacial score (nSPS) is 12.9. The smallest absolute Gasteiger partial charge is 0.284 e. The molecule has 2 N–H and O–H groups in total. The minimum Gasteiger partial charge on any atom is -0.296 e. The van der Waals surface area contributed by atoms with Crippen molar-refractivity contribution in [3.8, 4) is 11.1 Å². The van der Waals surface area contributed by atoms with Crippen molar-refractivity contribution in [2.45, 2.75) is 33.6 Å². The number of aryl methyl sites for hydroxylation is 2. The van der Waals surface area contributed by atoms with Crippen LogP contribution in [-0.2, 0) is 17.6 Å². The first kappa shape index (κ1) is 18.2. The van der Waals surface area contributed by atoms with Crippen LogP contribution in [0.1, 0.15) is 32.0 Å². The van der Waals surface area contributed by atoms with Crippen LogP contribution in [-0.4, -0.2) is 20.8 Å². The first-order chi connectivity index (χ1) is 12.1. The van der Waals surface area contributed by atoms with Crippen molar-refractivity contribution < 1.29 is 9.72 Å². The van der Waals surface area contributed by atoms with Crippen LogP contribution in [0.25, 0.3) is 11.1 Å². The van der Waals surface area contributed by atoms with E-state index in [2.05, 4.69) is 31.2 Å². The average molecular weight is 421 g/mol. The van der Waals surface area contributed by atoms with Crippen LogP contribution < -0.4 is 10.9 Å². The van der Waals surface area contributed by atoms with E-state index in [-0.39, 0.29) is 17.5 Å². The van der Waals surface area contributed by atoms with Crippen molar-refractivity contribution in [1.29, 1.82) is 0 Å². The molecule has 0 unspecified atom stereocenters. The number of amides is 1. The van der Waals surface area contributed by atoms with Gasteiger partial charge in [-0.25, -0.2) is 4.98 Å². The van der Waals surface area contributed by atoms with Gasteiger partial charge in [0.05, 0.1) is 20.7 Å². The molecule has 8 nitrogen and oxygen atoms in total. The molecule has 0 aliphatic heterocycles. The highest BCUT2D eigenvalue weighted by molar-refractivity contribution is 9.10. The molecular weight excluding hydrogens is 404 g/mol. The molecule has 0 fully saturated rings. The van der Waals surface area contributed by atoms with E-state index in [9.17, 15) is 19.7 Å². The van der Waals surface area contributed by atoms with Gasteiger partial charge in [0.25, 0.3) is 11.2 Å². The van der Waals surface area contributed by atoms with Gasteiger partial charge in [0.15, 0.2) is 0 Å². The lowest BCUT2D eigenvalue weighted by Gasteiger charge is -2.21. The Morgan fingerprint density at radius 1 is 1.35 bits per heavy atom. The van der Waals surface area contributed by atoms with Crippen molar-refractivity contribution in [2.24, 2.45) is 5.41 Å². The number of nitrogens with one attached hydrogen (secondary N) is 2. The molecule has 0 radical (unpaired) electrons. The van der Waals surface area contributed by atoms with Gasteiger partial charge in [-0.1, -0.05) is 20.8 Å². The van der Waals surface area contributed by atoms with E-state index < -0.39 is 15.9 Å². The SMILES string of the molecule is CC(C)(C)C(=O)Nc1nc2c(c(=O)[nH]1)-c1cc([N+](=O)[O-])c(Br)cc1CC2. The van der Waals surface area contributed by atoms with Crippen molar-refractivity contribution in [2.75, 3.05) is 5.32 Å². The van der Waals surface area contributed by atoms with Gasteiger partial charge >= 0.3 is 0 Å². The molecule has 1 aliphatic rings. The maximum Gasteiger partial charge on any atom is 0.284 e. The zero-order chi connectivity index (χ0) is 19.2. The molecular formula is C17H17BrN4O4. The summed E-state index contributed by atoms with van der Waals surface area (Å²) in [5, 5.41) is 13.8. The number of H-pyrrole nitrogens is 1. The summed E-state index contributed by atoms with van der Waals surface area (Å²) in [6.07, 6.45) is 1.11. The Kier molecular flexibility index (Phi) is 4.43. The van der Waals surface area contributed by atoms with Crippen LogP contribution in [0.3, 0.4) is 0 Å². The van der Waals surface area contributed by atoms with Gasteiger partial charge in [0.1, 0.15) is 0 Å². The number of nitro groups is 1. The van der Waals surface area contributed by atoms with Crippen molar-refractivity contribution >= 4 is 33.5 Å². The largest absolute Gasteiger partial charge is 0.296 e. The zero-order valence-corrected chi connectivity index (χ0v) is 16.1. The summed E-state index contributed by atoms with van der Waals surface area (Å²) < 4.78 is 0.378. The number of rotatable bonds is 2. The molecule has 3 rings (SSSR count). The topological polar surface area (TPSA) is 118 Å².